The lowest BCUT2D eigenvalue weighted by Gasteiger charge is -2.25. The summed E-state index contributed by atoms with van der Waals surface area (Å²) in [5.41, 5.74) is 0.935. The summed E-state index contributed by atoms with van der Waals surface area (Å²) < 4.78 is 65.7. The maximum absolute atomic E-state index is 14.5. The predicted molar refractivity (Wildman–Crippen MR) is 94.6 cm³/mol. The molecule has 4 heterocycles. The molecule has 4 rings (SSSR count). The fourth-order valence-electron chi connectivity index (χ4n) is 3.31. The minimum atomic E-state index is -4.63. The van der Waals surface area contributed by atoms with Gasteiger partial charge in [-0.2, -0.15) is 13.2 Å². The van der Waals surface area contributed by atoms with E-state index in [-0.39, 0.29) is 18.1 Å². The third-order valence-electron chi connectivity index (χ3n) is 4.61. The van der Waals surface area contributed by atoms with E-state index in [0.717, 1.165) is 11.1 Å². The van der Waals surface area contributed by atoms with Gasteiger partial charge in [-0.05, 0) is 0 Å². The number of nitrogens with zero attached hydrogens (tertiary/aromatic N) is 5. The van der Waals surface area contributed by atoms with Crippen LogP contribution in [0.3, 0.4) is 0 Å². The number of aromatic nitrogens is 5. The third-order valence-corrected chi connectivity index (χ3v) is 4.61. The Morgan fingerprint density at radius 3 is 2.87 bits per heavy atom. The van der Waals surface area contributed by atoms with Crippen LogP contribution in [0.4, 0.5) is 27.8 Å². The summed E-state index contributed by atoms with van der Waals surface area (Å²) in [6.07, 6.45) is -1.33. The zero-order valence-corrected chi connectivity index (χ0v) is 15.1. The summed E-state index contributed by atoms with van der Waals surface area (Å²) in [7, 11) is 0. The van der Waals surface area contributed by atoms with Crippen molar-refractivity contribution in [1.29, 1.82) is 0 Å². The first kappa shape index (κ1) is 19.9. The predicted octanol–water partition coefficient (Wildman–Crippen LogP) is 2.15. The molecule has 1 saturated heterocycles. The van der Waals surface area contributed by atoms with Crippen molar-refractivity contribution in [3.63, 3.8) is 0 Å². The molecule has 0 spiro atoms. The largest absolute Gasteiger partial charge is 0.405 e. The number of alkyl halides is 4. The summed E-state index contributed by atoms with van der Waals surface area (Å²) in [5.74, 6) is -2.31. The Morgan fingerprint density at radius 1 is 1.30 bits per heavy atom. The quantitative estimate of drug-likeness (QED) is 0.619. The minimum Gasteiger partial charge on any atom is -0.345 e. The van der Waals surface area contributed by atoms with Gasteiger partial charge in [-0.25, -0.2) is 28.7 Å². The van der Waals surface area contributed by atoms with E-state index in [4.69, 9.17) is 0 Å². The molecule has 1 aliphatic heterocycles. The fraction of sp³-hybridized carbons (Fsp3) is 0.353. The van der Waals surface area contributed by atoms with E-state index in [9.17, 15) is 26.7 Å². The molecule has 0 unspecified atom stereocenters. The van der Waals surface area contributed by atoms with Crippen molar-refractivity contribution in [2.45, 2.75) is 24.8 Å². The van der Waals surface area contributed by atoms with Gasteiger partial charge in [0.1, 0.15) is 30.7 Å². The molecule has 0 saturated carbocycles. The van der Waals surface area contributed by atoms with E-state index < -0.39 is 43.2 Å². The number of fused-ring (bicyclic) bond motifs is 1. The molecule has 158 valence electrons. The molecule has 1 amide bonds. The number of aromatic amines is 1. The fourth-order valence-corrected chi connectivity index (χ4v) is 3.31. The number of nitrogens with one attached hydrogen (secondary N) is 2. The Balaban J connectivity index is 1.67. The lowest BCUT2D eigenvalue weighted by atomic mass is 10.2. The Labute approximate surface area is 165 Å². The van der Waals surface area contributed by atoms with Crippen molar-refractivity contribution >= 4 is 22.8 Å². The molecule has 0 aliphatic carbocycles. The van der Waals surface area contributed by atoms with Gasteiger partial charge in [0.05, 0.1) is 12.7 Å². The van der Waals surface area contributed by atoms with Gasteiger partial charge in [0, 0.05) is 29.8 Å². The van der Waals surface area contributed by atoms with E-state index in [0.29, 0.717) is 16.6 Å². The van der Waals surface area contributed by atoms with Gasteiger partial charge in [-0.3, -0.25) is 4.79 Å². The van der Waals surface area contributed by atoms with Crippen molar-refractivity contribution in [1.82, 2.24) is 30.2 Å². The summed E-state index contributed by atoms with van der Waals surface area (Å²) >= 11 is 0. The highest BCUT2D eigenvalue weighted by atomic mass is 19.4. The van der Waals surface area contributed by atoms with Crippen LogP contribution in [-0.2, 0) is 4.79 Å². The molecule has 1 aliphatic rings. The molecule has 2 N–H and O–H groups in total. The van der Waals surface area contributed by atoms with Crippen LogP contribution in [-0.4, -0.2) is 62.3 Å². The van der Waals surface area contributed by atoms with Gasteiger partial charge >= 0.3 is 6.18 Å². The number of carbonyl (C=O) groups excluding carboxylic acids is 1. The summed E-state index contributed by atoms with van der Waals surface area (Å²) in [5, 5.41) is 2.27. The van der Waals surface area contributed by atoms with E-state index in [1.807, 2.05) is 0 Å². The van der Waals surface area contributed by atoms with Crippen molar-refractivity contribution in [2.75, 3.05) is 18.0 Å². The smallest absolute Gasteiger partial charge is 0.345 e. The summed E-state index contributed by atoms with van der Waals surface area (Å²) in [6.45, 7) is -1.96. The van der Waals surface area contributed by atoms with Crippen LogP contribution in [0.2, 0.25) is 0 Å². The average Bonchev–Trinajstić information content (AvgIpc) is 3.30. The molecular formula is C17H14F5N7O. The Kier molecular flexibility index (Phi) is 4.95. The number of hydrogen-bond donors (Lipinski definition) is 2. The molecule has 0 radical (unpaired) electrons. The Hall–Kier alpha value is -3.38. The SMILES string of the molecule is O=C(NCC(F)(F)F)[C@@H]1C[C@@H](F)CN1c1nc(-c2c[nH]c3ncncc23)ncc1F. The standard InChI is InChI=1S/C17H14F5N7O/c18-8-1-12(16(30)26-6-17(20,21)22)29(5-8)15-11(19)4-25-14(28-15)10-3-24-13-9(10)2-23-7-27-13/h2-4,7-8,12H,1,5-6H2,(H,26,30)(H,23,24,27)/t8-,12+/m1/s1. The molecule has 3 aromatic rings. The topological polar surface area (TPSA) is 99.7 Å². The lowest BCUT2D eigenvalue weighted by Crippen LogP contribution is -2.46. The number of hydrogen-bond acceptors (Lipinski definition) is 6. The van der Waals surface area contributed by atoms with Gasteiger partial charge in [-0.15, -0.1) is 0 Å². The van der Waals surface area contributed by atoms with Crippen LogP contribution >= 0.6 is 0 Å². The first-order chi connectivity index (χ1) is 14.2. The zero-order chi connectivity index (χ0) is 21.5. The van der Waals surface area contributed by atoms with Gasteiger partial charge < -0.3 is 15.2 Å². The van der Waals surface area contributed by atoms with E-state index in [1.165, 1.54) is 18.7 Å². The van der Waals surface area contributed by atoms with Crippen molar-refractivity contribution in [2.24, 2.45) is 0 Å². The monoisotopic (exact) mass is 427 g/mol. The van der Waals surface area contributed by atoms with Gasteiger partial charge in [-0.1, -0.05) is 0 Å². The Morgan fingerprint density at radius 2 is 2.10 bits per heavy atom. The molecular weight excluding hydrogens is 413 g/mol. The number of rotatable bonds is 4. The molecule has 1 fully saturated rings. The Bertz CT molecular complexity index is 1090. The van der Waals surface area contributed by atoms with Gasteiger partial charge in [0.2, 0.25) is 5.91 Å². The van der Waals surface area contributed by atoms with Crippen LogP contribution in [0, 0.1) is 5.82 Å². The molecule has 0 bridgehead atoms. The van der Waals surface area contributed by atoms with Crippen LogP contribution in [0.1, 0.15) is 6.42 Å². The molecule has 3 aromatic heterocycles. The number of amides is 1. The maximum Gasteiger partial charge on any atom is 0.405 e. The van der Waals surface area contributed by atoms with Crippen LogP contribution in [0.5, 0.6) is 0 Å². The van der Waals surface area contributed by atoms with E-state index in [2.05, 4.69) is 24.9 Å². The first-order valence-electron chi connectivity index (χ1n) is 8.78. The second-order valence-corrected chi connectivity index (χ2v) is 6.69. The number of carbonyl (C=O) groups is 1. The van der Waals surface area contributed by atoms with Gasteiger partial charge in [0.15, 0.2) is 17.5 Å². The normalized spacial score (nSPS) is 19.4. The van der Waals surface area contributed by atoms with Crippen LogP contribution < -0.4 is 10.2 Å². The molecule has 0 aromatic carbocycles. The number of anilines is 1. The van der Waals surface area contributed by atoms with E-state index >= 15 is 0 Å². The highest BCUT2D eigenvalue weighted by Gasteiger charge is 2.40. The minimum absolute atomic E-state index is 0.0595. The number of H-pyrrole nitrogens is 1. The molecule has 30 heavy (non-hydrogen) atoms. The van der Waals surface area contributed by atoms with Crippen LogP contribution in [0.15, 0.2) is 24.9 Å². The average molecular weight is 427 g/mol. The van der Waals surface area contributed by atoms with Crippen LogP contribution in [0.25, 0.3) is 22.4 Å². The second kappa shape index (κ2) is 7.46. The highest BCUT2D eigenvalue weighted by molar-refractivity contribution is 5.91. The van der Waals surface area contributed by atoms with E-state index in [1.54, 1.807) is 5.32 Å². The first-order valence-corrected chi connectivity index (χ1v) is 8.78. The third kappa shape index (κ3) is 3.86. The molecule has 13 heteroatoms. The van der Waals surface area contributed by atoms with Crippen molar-refractivity contribution < 1.29 is 26.7 Å². The maximum atomic E-state index is 14.5. The second-order valence-electron chi connectivity index (χ2n) is 6.69. The summed E-state index contributed by atoms with van der Waals surface area (Å²) in [4.78, 5) is 32.1. The van der Waals surface area contributed by atoms with Gasteiger partial charge in [0.25, 0.3) is 0 Å². The zero-order valence-electron chi connectivity index (χ0n) is 15.1. The lowest BCUT2D eigenvalue weighted by molar-refractivity contribution is -0.139. The highest BCUT2D eigenvalue weighted by Crippen LogP contribution is 2.31. The molecule has 8 nitrogen and oxygen atoms in total. The molecule has 2 atom stereocenters. The number of halogens is 5. The van der Waals surface area contributed by atoms with Crippen molar-refractivity contribution in [3.8, 4) is 11.4 Å². The summed E-state index contributed by atoms with van der Waals surface area (Å²) in [6, 6.07) is -1.34. The van der Waals surface area contributed by atoms with Crippen molar-refractivity contribution in [3.05, 3.63) is 30.7 Å².